The van der Waals surface area contributed by atoms with E-state index in [2.05, 4.69) is 20.8 Å². The van der Waals surface area contributed by atoms with Crippen LogP contribution < -0.4 is 10.6 Å². The summed E-state index contributed by atoms with van der Waals surface area (Å²) in [6.07, 6.45) is 0. The van der Waals surface area contributed by atoms with Crippen LogP contribution in [0, 0.1) is 5.92 Å². The Hall–Kier alpha value is -1.80. The first-order valence-electron chi connectivity index (χ1n) is 7.37. The van der Waals surface area contributed by atoms with Crippen molar-refractivity contribution in [1.82, 2.24) is 15.5 Å². The Morgan fingerprint density at radius 2 is 1.91 bits per heavy atom. The maximum atomic E-state index is 12.5. The number of aromatic nitrogens is 2. The highest BCUT2D eigenvalue weighted by Gasteiger charge is 2.26. The van der Waals surface area contributed by atoms with Crippen molar-refractivity contribution < 1.29 is 9.59 Å². The fourth-order valence-corrected chi connectivity index (χ4v) is 3.23. The van der Waals surface area contributed by atoms with E-state index in [1.54, 1.807) is 12.1 Å². The number of thiophene rings is 1. The highest BCUT2D eigenvalue weighted by molar-refractivity contribution is 7.15. The van der Waals surface area contributed by atoms with Crippen LogP contribution in [0.5, 0.6) is 0 Å². The number of hydrogen-bond donors (Lipinski definition) is 2. The molecule has 0 radical (unpaired) electrons. The van der Waals surface area contributed by atoms with Crippen molar-refractivity contribution in [3.8, 4) is 0 Å². The van der Waals surface area contributed by atoms with Gasteiger partial charge in [-0.1, -0.05) is 45.1 Å². The molecule has 0 saturated carbocycles. The maximum Gasteiger partial charge on any atom is 0.262 e. The van der Waals surface area contributed by atoms with Gasteiger partial charge in [-0.05, 0) is 17.4 Å². The second-order valence-electron chi connectivity index (χ2n) is 5.76. The van der Waals surface area contributed by atoms with E-state index in [4.69, 9.17) is 0 Å². The lowest BCUT2D eigenvalue weighted by molar-refractivity contribution is -0.118. The van der Waals surface area contributed by atoms with Gasteiger partial charge in [-0.15, -0.1) is 21.5 Å². The van der Waals surface area contributed by atoms with Gasteiger partial charge in [-0.3, -0.25) is 14.9 Å². The molecule has 2 aromatic heterocycles. The molecule has 0 bridgehead atoms. The Balaban J connectivity index is 2.04. The first-order valence-corrected chi connectivity index (χ1v) is 9.06. The fraction of sp³-hybridized carbons (Fsp3) is 0.467. The summed E-state index contributed by atoms with van der Waals surface area (Å²) in [5.74, 6) is -0.306. The molecular weight excluding hydrogens is 332 g/mol. The summed E-state index contributed by atoms with van der Waals surface area (Å²) in [5.41, 5.74) is 0. The molecule has 6 nitrogen and oxygen atoms in total. The van der Waals surface area contributed by atoms with Gasteiger partial charge in [-0.2, -0.15) is 0 Å². The molecule has 2 heterocycles. The van der Waals surface area contributed by atoms with Crippen LogP contribution in [0.3, 0.4) is 0 Å². The van der Waals surface area contributed by atoms with E-state index in [0.29, 0.717) is 10.0 Å². The van der Waals surface area contributed by atoms with E-state index >= 15 is 0 Å². The summed E-state index contributed by atoms with van der Waals surface area (Å²) in [7, 11) is 0. The van der Waals surface area contributed by atoms with E-state index in [1.807, 2.05) is 33.1 Å². The van der Waals surface area contributed by atoms with Crippen molar-refractivity contribution in [2.75, 3.05) is 5.32 Å². The van der Waals surface area contributed by atoms with Gasteiger partial charge in [-0.25, -0.2) is 0 Å². The van der Waals surface area contributed by atoms with Gasteiger partial charge in [0.2, 0.25) is 11.0 Å². The first-order chi connectivity index (χ1) is 10.9. The van der Waals surface area contributed by atoms with E-state index in [9.17, 15) is 9.59 Å². The summed E-state index contributed by atoms with van der Waals surface area (Å²) in [4.78, 5) is 25.2. The van der Waals surface area contributed by atoms with Crippen molar-refractivity contribution >= 4 is 39.6 Å². The number of rotatable bonds is 6. The van der Waals surface area contributed by atoms with Crippen LogP contribution in [0.1, 0.15) is 48.3 Å². The van der Waals surface area contributed by atoms with E-state index in [0.717, 1.165) is 5.01 Å². The molecule has 0 aliphatic rings. The summed E-state index contributed by atoms with van der Waals surface area (Å²) >= 11 is 2.69. The Kier molecular flexibility index (Phi) is 5.84. The van der Waals surface area contributed by atoms with Crippen LogP contribution in [0.4, 0.5) is 5.13 Å². The molecule has 1 unspecified atom stereocenters. The highest BCUT2D eigenvalue weighted by Crippen LogP contribution is 2.22. The molecule has 0 aliphatic carbocycles. The number of nitrogens with one attached hydrogen (secondary N) is 2. The van der Waals surface area contributed by atoms with Crippen LogP contribution in [-0.2, 0) is 4.79 Å². The monoisotopic (exact) mass is 352 g/mol. The molecule has 23 heavy (non-hydrogen) atoms. The largest absolute Gasteiger partial charge is 0.339 e. The van der Waals surface area contributed by atoms with Crippen molar-refractivity contribution in [3.05, 3.63) is 27.4 Å². The minimum Gasteiger partial charge on any atom is -0.339 e. The number of anilines is 1. The number of nitrogens with zero attached hydrogens (tertiary/aromatic N) is 2. The molecule has 0 aliphatic heterocycles. The third kappa shape index (κ3) is 4.59. The number of carbonyl (C=O) groups excluding carboxylic acids is 2. The summed E-state index contributed by atoms with van der Waals surface area (Å²) in [5, 5.41) is 16.7. The molecule has 0 spiro atoms. The Labute approximate surface area is 143 Å². The van der Waals surface area contributed by atoms with Crippen LogP contribution in [-0.4, -0.2) is 28.1 Å². The average Bonchev–Trinajstić information content (AvgIpc) is 3.14. The molecule has 0 fully saturated rings. The number of hydrogen-bond acceptors (Lipinski definition) is 6. The van der Waals surface area contributed by atoms with Gasteiger partial charge in [0.25, 0.3) is 5.91 Å². The number of amides is 2. The molecule has 0 aromatic carbocycles. The predicted octanol–water partition coefficient (Wildman–Crippen LogP) is 3.12. The lowest BCUT2D eigenvalue weighted by Gasteiger charge is -2.20. The second-order valence-corrected chi connectivity index (χ2v) is 7.72. The molecule has 2 aromatic rings. The summed E-state index contributed by atoms with van der Waals surface area (Å²) in [6, 6.07) is 2.91. The minimum atomic E-state index is -0.629. The van der Waals surface area contributed by atoms with E-state index in [-0.39, 0.29) is 23.7 Å². The lowest BCUT2D eigenvalue weighted by Crippen LogP contribution is -2.46. The van der Waals surface area contributed by atoms with Gasteiger partial charge in [0.1, 0.15) is 11.0 Å². The predicted molar refractivity (Wildman–Crippen MR) is 93.0 cm³/mol. The molecule has 124 valence electrons. The fourth-order valence-electron chi connectivity index (χ4n) is 1.86. The highest BCUT2D eigenvalue weighted by atomic mass is 32.1. The minimum absolute atomic E-state index is 0.0450. The Morgan fingerprint density at radius 3 is 2.43 bits per heavy atom. The molecule has 2 N–H and O–H groups in total. The zero-order valence-electron chi connectivity index (χ0n) is 13.5. The maximum absolute atomic E-state index is 12.5. The van der Waals surface area contributed by atoms with Crippen LogP contribution in [0.25, 0.3) is 0 Å². The quantitative estimate of drug-likeness (QED) is 0.836. The van der Waals surface area contributed by atoms with Crippen molar-refractivity contribution in [2.24, 2.45) is 5.92 Å². The normalized spacial score (nSPS) is 12.4. The van der Waals surface area contributed by atoms with Gasteiger partial charge in [0.05, 0.1) is 4.88 Å². The van der Waals surface area contributed by atoms with Gasteiger partial charge in [0.15, 0.2) is 0 Å². The molecule has 2 rings (SSSR count). The zero-order valence-corrected chi connectivity index (χ0v) is 15.1. The number of carbonyl (C=O) groups is 2. The van der Waals surface area contributed by atoms with E-state index < -0.39 is 6.04 Å². The van der Waals surface area contributed by atoms with Crippen LogP contribution >= 0.6 is 22.7 Å². The standard InChI is InChI=1S/C15H20N4O2S2/c1-8(2)11(16-12(20)10-6-5-7-22-10)13(21)17-15-19-18-14(23-15)9(3)4/h5-9,11H,1-4H3,(H,16,20)(H,17,19,21). The van der Waals surface area contributed by atoms with Crippen molar-refractivity contribution in [2.45, 2.75) is 39.7 Å². The zero-order chi connectivity index (χ0) is 17.0. The second kappa shape index (κ2) is 7.65. The van der Waals surface area contributed by atoms with Gasteiger partial charge in [0, 0.05) is 5.92 Å². The van der Waals surface area contributed by atoms with Crippen molar-refractivity contribution in [1.29, 1.82) is 0 Å². The average molecular weight is 352 g/mol. The molecular formula is C15H20N4O2S2. The Morgan fingerprint density at radius 1 is 1.17 bits per heavy atom. The van der Waals surface area contributed by atoms with Gasteiger partial charge < -0.3 is 5.32 Å². The van der Waals surface area contributed by atoms with Crippen LogP contribution in [0.2, 0.25) is 0 Å². The van der Waals surface area contributed by atoms with E-state index in [1.165, 1.54) is 22.7 Å². The molecule has 1 atom stereocenters. The summed E-state index contributed by atoms with van der Waals surface area (Å²) in [6.45, 7) is 7.81. The lowest BCUT2D eigenvalue weighted by atomic mass is 10.0. The molecule has 8 heteroatoms. The first kappa shape index (κ1) is 17.6. The third-order valence-corrected chi connectivity index (χ3v) is 5.15. The smallest absolute Gasteiger partial charge is 0.262 e. The van der Waals surface area contributed by atoms with Gasteiger partial charge >= 0.3 is 0 Å². The van der Waals surface area contributed by atoms with Crippen molar-refractivity contribution in [3.63, 3.8) is 0 Å². The third-order valence-electron chi connectivity index (χ3n) is 3.15. The molecule has 2 amide bonds. The topological polar surface area (TPSA) is 84.0 Å². The molecule has 0 saturated heterocycles. The SMILES string of the molecule is CC(C)c1nnc(NC(=O)C(NC(=O)c2cccs2)C(C)C)s1. The Bertz CT molecular complexity index is 665. The summed E-state index contributed by atoms with van der Waals surface area (Å²) < 4.78 is 0. The van der Waals surface area contributed by atoms with Crippen LogP contribution in [0.15, 0.2) is 17.5 Å².